The van der Waals surface area contributed by atoms with Gasteiger partial charge in [0.15, 0.2) is 11.5 Å². The number of esters is 1. The number of nitrogens with one attached hydrogen (secondary N) is 1. The molecular formula is C20H22N4O5. The van der Waals surface area contributed by atoms with E-state index in [-0.39, 0.29) is 34.6 Å². The standard InChI is InChI=1S/C20H22N4O5/c1-9(2)17-16-15(12(8-21)19(22)29-20(16)24-23-17)11-6-13(26-4)18(28-10(3)25)14(7-11)27-5/h6-7,9,15H,22H2,1-5H3,(H,23,24). The fourth-order valence-electron chi connectivity index (χ4n) is 3.35. The van der Waals surface area contributed by atoms with E-state index in [9.17, 15) is 10.1 Å². The Bertz CT molecular complexity index is 1010. The number of ether oxygens (including phenoxy) is 4. The maximum Gasteiger partial charge on any atom is 0.308 e. The number of nitrogens with two attached hydrogens (primary N) is 1. The van der Waals surface area contributed by atoms with Crippen molar-refractivity contribution < 1.29 is 23.7 Å². The molecule has 3 rings (SSSR count). The largest absolute Gasteiger partial charge is 0.493 e. The van der Waals surface area contributed by atoms with E-state index < -0.39 is 11.9 Å². The van der Waals surface area contributed by atoms with E-state index in [1.54, 1.807) is 12.1 Å². The number of rotatable bonds is 5. The Morgan fingerprint density at radius 2 is 1.93 bits per heavy atom. The van der Waals surface area contributed by atoms with E-state index in [1.165, 1.54) is 21.1 Å². The van der Waals surface area contributed by atoms with Crippen molar-refractivity contribution in [3.63, 3.8) is 0 Å². The van der Waals surface area contributed by atoms with E-state index in [2.05, 4.69) is 16.3 Å². The van der Waals surface area contributed by atoms with Gasteiger partial charge in [-0.2, -0.15) is 5.26 Å². The summed E-state index contributed by atoms with van der Waals surface area (Å²) in [5.74, 6) is 0.0497. The van der Waals surface area contributed by atoms with Crippen LogP contribution in [0.15, 0.2) is 23.6 Å². The van der Waals surface area contributed by atoms with Gasteiger partial charge < -0.3 is 24.7 Å². The molecule has 2 aromatic rings. The number of H-pyrrole nitrogens is 1. The van der Waals surface area contributed by atoms with Gasteiger partial charge in [-0.25, -0.2) is 0 Å². The molecule has 152 valence electrons. The van der Waals surface area contributed by atoms with Gasteiger partial charge in [-0.05, 0) is 23.6 Å². The maximum absolute atomic E-state index is 11.5. The number of aromatic nitrogens is 2. The van der Waals surface area contributed by atoms with Gasteiger partial charge in [0.2, 0.25) is 17.5 Å². The van der Waals surface area contributed by atoms with E-state index in [1.807, 2.05) is 13.8 Å². The van der Waals surface area contributed by atoms with E-state index >= 15 is 0 Å². The molecule has 0 bridgehead atoms. The van der Waals surface area contributed by atoms with Crippen molar-refractivity contribution in [1.29, 1.82) is 5.26 Å². The van der Waals surface area contributed by atoms with Crippen LogP contribution >= 0.6 is 0 Å². The Hall–Kier alpha value is -3.67. The molecule has 9 heteroatoms. The highest BCUT2D eigenvalue weighted by Crippen LogP contribution is 2.48. The Kier molecular flexibility index (Phi) is 5.37. The lowest BCUT2D eigenvalue weighted by Crippen LogP contribution is -2.21. The molecule has 29 heavy (non-hydrogen) atoms. The molecule has 0 aliphatic carbocycles. The zero-order valence-corrected chi connectivity index (χ0v) is 16.8. The first kappa shape index (κ1) is 20.1. The molecule has 2 heterocycles. The number of hydrogen-bond donors (Lipinski definition) is 2. The first-order valence-electron chi connectivity index (χ1n) is 8.92. The van der Waals surface area contributed by atoms with Crippen LogP contribution in [0.1, 0.15) is 49.4 Å². The number of carbonyl (C=O) groups is 1. The second-order valence-corrected chi connectivity index (χ2v) is 6.78. The Balaban J connectivity index is 2.28. The molecule has 1 aromatic carbocycles. The summed E-state index contributed by atoms with van der Waals surface area (Å²) in [6.07, 6.45) is 0. The molecular weight excluding hydrogens is 376 g/mol. The number of methoxy groups -OCH3 is 2. The van der Waals surface area contributed by atoms with E-state index in [4.69, 9.17) is 24.7 Å². The van der Waals surface area contributed by atoms with E-state index in [0.29, 0.717) is 11.4 Å². The minimum atomic E-state index is -0.561. The second kappa shape index (κ2) is 7.75. The average molecular weight is 398 g/mol. The smallest absolute Gasteiger partial charge is 0.308 e. The van der Waals surface area contributed by atoms with Crippen molar-refractivity contribution in [3.8, 4) is 29.2 Å². The number of aromatic amines is 1. The normalized spacial score (nSPS) is 15.4. The molecule has 0 fully saturated rings. The van der Waals surface area contributed by atoms with Crippen molar-refractivity contribution in [3.05, 3.63) is 40.4 Å². The first-order chi connectivity index (χ1) is 13.8. The van der Waals surface area contributed by atoms with Gasteiger partial charge >= 0.3 is 5.97 Å². The van der Waals surface area contributed by atoms with Gasteiger partial charge in [-0.15, -0.1) is 5.10 Å². The van der Waals surface area contributed by atoms with Gasteiger partial charge in [0.05, 0.1) is 25.7 Å². The minimum Gasteiger partial charge on any atom is -0.493 e. The summed E-state index contributed by atoms with van der Waals surface area (Å²) >= 11 is 0. The summed E-state index contributed by atoms with van der Waals surface area (Å²) in [6, 6.07) is 5.51. The van der Waals surface area contributed by atoms with Crippen LogP contribution in [0.3, 0.4) is 0 Å². The zero-order valence-electron chi connectivity index (χ0n) is 16.8. The molecule has 1 aliphatic heterocycles. The molecule has 9 nitrogen and oxygen atoms in total. The lowest BCUT2D eigenvalue weighted by Gasteiger charge is -2.26. The predicted octanol–water partition coefficient (Wildman–Crippen LogP) is 2.69. The summed E-state index contributed by atoms with van der Waals surface area (Å²) < 4.78 is 21.7. The number of fused-ring (bicyclic) bond motifs is 1. The van der Waals surface area contributed by atoms with Crippen LogP contribution in [-0.2, 0) is 4.79 Å². The van der Waals surface area contributed by atoms with Gasteiger partial charge in [0.1, 0.15) is 11.6 Å². The number of carbonyl (C=O) groups excluding carboxylic acids is 1. The summed E-state index contributed by atoms with van der Waals surface area (Å²) in [7, 11) is 2.90. The quantitative estimate of drug-likeness (QED) is 0.580. The predicted molar refractivity (Wildman–Crippen MR) is 103 cm³/mol. The average Bonchev–Trinajstić information content (AvgIpc) is 3.10. The second-order valence-electron chi connectivity index (χ2n) is 6.78. The number of benzene rings is 1. The van der Waals surface area contributed by atoms with Crippen LogP contribution in [0.2, 0.25) is 0 Å². The summed E-state index contributed by atoms with van der Waals surface area (Å²) in [5.41, 5.74) is 8.44. The third-order valence-electron chi connectivity index (χ3n) is 4.61. The topological polar surface area (TPSA) is 132 Å². The van der Waals surface area contributed by atoms with Gasteiger partial charge in [-0.1, -0.05) is 13.8 Å². The summed E-state index contributed by atoms with van der Waals surface area (Å²) in [4.78, 5) is 11.5. The first-order valence-corrected chi connectivity index (χ1v) is 8.92. The monoisotopic (exact) mass is 398 g/mol. The lowest BCUT2D eigenvalue weighted by molar-refractivity contribution is -0.132. The Morgan fingerprint density at radius 3 is 2.41 bits per heavy atom. The highest BCUT2D eigenvalue weighted by Gasteiger charge is 2.37. The third kappa shape index (κ3) is 3.45. The van der Waals surface area contributed by atoms with Crippen LogP contribution in [0.25, 0.3) is 0 Å². The molecule has 3 N–H and O–H groups in total. The SMILES string of the molecule is COc1cc(C2C(C#N)=C(N)Oc3n[nH]c(C(C)C)c32)cc(OC)c1OC(C)=O. The fraction of sp³-hybridized carbons (Fsp3) is 0.350. The molecule has 0 saturated carbocycles. The maximum atomic E-state index is 11.5. The number of hydrogen-bond acceptors (Lipinski definition) is 8. The van der Waals surface area contributed by atoms with Crippen molar-refractivity contribution in [2.45, 2.75) is 32.6 Å². The third-order valence-corrected chi connectivity index (χ3v) is 4.61. The van der Waals surface area contributed by atoms with Crippen LogP contribution in [0.5, 0.6) is 23.1 Å². The molecule has 0 saturated heterocycles. The Morgan fingerprint density at radius 1 is 1.31 bits per heavy atom. The van der Waals surface area contributed by atoms with E-state index in [0.717, 1.165) is 11.3 Å². The van der Waals surface area contributed by atoms with Gasteiger partial charge in [0.25, 0.3) is 0 Å². The summed E-state index contributed by atoms with van der Waals surface area (Å²) in [5, 5.41) is 17.0. The Labute approximate surface area is 168 Å². The van der Waals surface area contributed by atoms with Crippen LogP contribution in [-0.4, -0.2) is 30.4 Å². The van der Waals surface area contributed by atoms with Crippen molar-refractivity contribution in [2.75, 3.05) is 14.2 Å². The number of allylic oxidation sites excluding steroid dienone is 1. The molecule has 0 spiro atoms. The van der Waals surface area contributed by atoms with Gasteiger partial charge in [-0.3, -0.25) is 9.89 Å². The van der Waals surface area contributed by atoms with Crippen LogP contribution in [0, 0.1) is 11.3 Å². The zero-order chi connectivity index (χ0) is 21.3. The minimum absolute atomic E-state index is 0.0196. The number of nitriles is 1. The van der Waals surface area contributed by atoms with Gasteiger partial charge in [0, 0.05) is 12.6 Å². The van der Waals surface area contributed by atoms with Crippen molar-refractivity contribution >= 4 is 5.97 Å². The van der Waals surface area contributed by atoms with Crippen molar-refractivity contribution in [2.24, 2.45) is 5.73 Å². The molecule has 0 radical (unpaired) electrons. The molecule has 0 amide bonds. The van der Waals surface area contributed by atoms with Crippen molar-refractivity contribution in [1.82, 2.24) is 10.2 Å². The van der Waals surface area contributed by atoms with Crippen LogP contribution < -0.4 is 24.7 Å². The molecule has 1 aliphatic rings. The lowest BCUT2D eigenvalue weighted by atomic mass is 9.82. The molecule has 1 aromatic heterocycles. The highest BCUT2D eigenvalue weighted by molar-refractivity contribution is 5.73. The fourth-order valence-corrected chi connectivity index (χ4v) is 3.35. The van der Waals surface area contributed by atoms with Crippen LogP contribution in [0.4, 0.5) is 0 Å². The number of nitrogens with zero attached hydrogens (tertiary/aromatic N) is 2. The molecule has 1 unspecified atom stereocenters. The molecule has 1 atom stereocenters. The summed E-state index contributed by atoms with van der Waals surface area (Å²) in [6.45, 7) is 5.29. The highest BCUT2D eigenvalue weighted by atomic mass is 16.6.